The molecule has 3 aromatic carbocycles. The predicted molar refractivity (Wildman–Crippen MR) is 99.3 cm³/mol. The number of halogens is 3. The maximum Gasteiger partial charge on any atom is 0.173 e. The fraction of sp³-hybridized carbons (Fsp3) is 0.200. The molecule has 120 valence electrons. The van der Waals surface area contributed by atoms with Crippen LogP contribution in [0.15, 0.2) is 60.7 Å². The Bertz CT molecular complexity index is 964. The van der Waals surface area contributed by atoms with Gasteiger partial charge < -0.3 is 4.74 Å². The van der Waals surface area contributed by atoms with Crippen molar-refractivity contribution in [1.29, 1.82) is 0 Å². The summed E-state index contributed by atoms with van der Waals surface area (Å²) in [7, 11) is 0. The predicted octanol–water partition coefficient (Wildman–Crippen LogP) is 6.13. The van der Waals surface area contributed by atoms with Crippen molar-refractivity contribution < 1.29 is 4.74 Å². The van der Waals surface area contributed by atoms with E-state index >= 15 is 0 Å². The molecule has 24 heavy (non-hydrogen) atoms. The molecule has 2 unspecified atom stereocenters. The van der Waals surface area contributed by atoms with Crippen molar-refractivity contribution in [2.75, 3.05) is 0 Å². The lowest BCUT2D eigenvalue weighted by atomic mass is 9.93. The molecule has 3 aromatic rings. The van der Waals surface area contributed by atoms with E-state index in [0.29, 0.717) is 5.02 Å². The molecule has 1 fully saturated rings. The van der Waals surface area contributed by atoms with E-state index in [0.717, 1.165) is 17.7 Å². The highest BCUT2D eigenvalue weighted by atomic mass is 35.5. The van der Waals surface area contributed by atoms with Crippen molar-refractivity contribution in [3.63, 3.8) is 0 Å². The van der Waals surface area contributed by atoms with Crippen molar-refractivity contribution >= 4 is 45.6 Å². The first-order valence-corrected chi connectivity index (χ1v) is 9.01. The first-order chi connectivity index (χ1) is 11.5. The molecule has 0 N–H and O–H groups in total. The largest absolute Gasteiger partial charge is 0.479 e. The summed E-state index contributed by atoms with van der Waals surface area (Å²) in [6, 6.07) is 20.0. The van der Waals surface area contributed by atoms with Gasteiger partial charge in [0.2, 0.25) is 0 Å². The second kappa shape index (κ2) is 4.82. The number of hydrogen-bond acceptors (Lipinski definition) is 1. The van der Waals surface area contributed by atoms with Crippen molar-refractivity contribution in [1.82, 2.24) is 0 Å². The number of ether oxygens (including phenoxy) is 1. The summed E-state index contributed by atoms with van der Waals surface area (Å²) in [6.07, 6.45) is 0.798. The van der Waals surface area contributed by atoms with Gasteiger partial charge in [-0.05, 0) is 41.0 Å². The van der Waals surface area contributed by atoms with E-state index < -0.39 is 9.93 Å². The Hall–Kier alpha value is -1.41. The maximum atomic E-state index is 6.69. The lowest BCUT2D eigenvalue weighted by Crippen LogP contribution is -2.26. The van der Waals surface area contributed by atoms with Crippen molar-refractivity contribution in [3.05, 3.63) is 76.8 Å². The van der Waals surface area contributed by atoms with Crippen LogP contribution in [-0.4, -0.2) is 4.33 Å². The van der Waals surface area contributed by atoms with Gasteiger partial charge in [0.1, 0.15) is 5.75 Å². The minimum Gasteiger partial charge on any atom is -0.479 e. The first kappa shape index (κ1) is 14.9. The van der Waals surface area contributed by atoms with E-state index in [2.05, 4.69) is 18.2 Å². The van der Waals surface area contributed by atoms with Gasteiger partial charge >= 0.3 is 0 Å². The summed E-state index contributed by atoms with van der Waals surface area (Å²) in [5.74, 6) is 0.885. The van der Waals surface area contributed by atoms with Gasteiger partial charge in [0.15, 0.2) is 9.93 Å². The zero-order valence-electron chi connectivity index (χ0n) is 12.6. The van der Waals surface area contributed by atoms with Gasteiger partial charge in [-0.15, -0.1) is 0 Å². The normalized spacial score (nSPS) is 26.4. The Balaban J connectivity index is 1.68. The lowest BCUT2D eigenvalue weighted by molar-refractivity contribution is 0.144. The van der Waals surface area contributed by atoms with Gasteiger partial charge in [0.25, 0.3) is 0 Å². The Kier molecular flexibility index (Phi) is 2.99. The van der Waals surface area contributed by atoms with Crippen LogP contribution in [0.3, 0.4) is 0 Å². The van der Waals surface area contributed by atoms with Gasteiger partial charge in [-0.3, -0.25) is 0 Å². The molecule has 0 saturated heterocycles. The molecule has 1 aliphatic carbocycles. The second-order valence-corrected chi connectivity index (χ2v) is 8.31. The molecule has 1 nitrogen and oxygen atoms in total. The molecular formula is C20H13Cl3O. The molecule has 2 aliphatic rings. The molecule has 5 rings (SSSR count). The molecule has 0 amide bonds. The van der Waals surface area contributed by atoms with E-state index in [9.17, 15) is 0 Å². The summed E-state index contributed by atoms with van der Waals surface area (Å²) < 4.78 is 5.49. The summed E-state index contributed by atoms with van der Waals surface area (Å²) in [6.45, 7) is 0. The van der Waals surface area contributed by atoms with Gasteiger partial charge in [0, 0.05) is 16.5 Å². The van der Waals surface area contributed by atoms with Gasteiger partial charge in [-0.2, -0.15) is 0 Å². The minimum absolute atomic E-state index is 0.0211. The molecule has 1 saturated carbocycles. The highest BCUT2D eigenvalue weighted by Crippen LogP contribution is 2.73. The van der Waals surface area contributed by atoms with Crippen LogP contribution in [0, 0.1) is 5.92 Å². The molecule has 1 aliphatic heterocycles. The standard InChI is InChI=1S/C20H13Cl3O/c21-14-8-6-13(7-9-14)19-18(20(19,22)23)11-16-15-4-2-1-3-12(15)5-10-17(16)24-19/h1-10,18H,11H2. The molecule has 1 heterocycles. The van der Waals surface area contributed by atoms with E-state index in [1.54, 1.807) is 0 Å². The molecule has 0 spiro atoms. The fourth-order valence-corrected chi connectivity index (χ4v) is 5.05. The highest BCUT2D eigenvalue weighted by Gasteiger charge is 2.80. The minimum atomic E-state index is -0.943. The Morgan fingerprint density at radius 1 is 0.917 bits per heavy atom. The van der Waals surface area contributed by atoms with Crippen molar-refractivity contribution in [2.24, 2.45) is 5.92 Å². The summed E-state index contributed by atoms with van der Waals surface area (Å²) in [4.78, 5) is 0. The average molecular weight is 376 g/mol. The van der Waals surface area contributed by atoms with Crippen LogP contribution < -0.4 is 4.74 Å². The van der Waals surface area contributed by atoms with Gasteiger partial charge in [0.05, 0.1) is 0 Å². The van der Waals surface area contributed by atoms with Crippen molar-refractivity contribution in [3.8, 4) is 5.75 Å². The summed E-state index contributed by atoms with van der Waals surface area (Å²) in [5.41, 5.74) is 1.46. The monoisotopic (exact) mass is 374 g/mol. The zero-order chi connectivity index (χ0) is 16.5. The molecular weight excluding hydrogens is 363 g/mol. The molecule has 2 atom stereocenters. The molecule has 0 bridgehead atoms. The van der Waals surface area contributed by atoms with E-state index in [1.165, 1.54) is 16.3 Å². The third kappa shape index (κ3) is 1.78. The van der Waals surface area contributed by atoms with Crippen LogP contribution >= 0.6 is 34.8 Å². The Morgan fingerprint density at radius 3 is 2.46 bits per heavy atom. The Labute approximate surface area is 155 Å². The SMILES string of the molecule is Clc1ccc(C23Oc4ccc5ccccc5c4CC2C3(Cl)Cl)cc1. The quantitative estimate of drug-likeness (QED) is 0.465. The van der Waals surface area contributed by atoms with Gasteiger partial charge in [-0.25, -0.2) is 0 Å². The third-order valence-electron chi connectivity index (χ3n) is 5.29. The Morgan fingerprint density at radius 2 is 1.67 bits per heavy atom. The summed E-state index contributed by atoms with van der Waals surface area (Å²) in [5, 5.41) is 3.09. The molecule has 0 radical (unpaired) electrons. The number of hydrogen-bond donors (Lipinski definition) is 0. The molecule has 0 aromatic heterocycles. The van der Waals surface area contributed by atoms with Crippen LogP contribution in [0.5, 0.6) is 5.75 Å². The molecule has 4 heteroatoms. The maximum absolute atomic E-state index is 6.69. The van der Waals surface area contributed by atoms with E-state index in [4.69, 9.17) is 39.5 Å². The first-order valence-electron chi connectivity index (χ1n) is 7.87. The van der Waals surface area contributed by atoms with Gasteiger partial charge in [-0.1, -0.05) is 77.3 Å². The summed E-state index contributed by atoms with van der Waals surface area (Å²) >= 11 is 19.4. The van der Waals surface area contributed by atoms with Crippen LogP contribution in [0.1, 0.15) is 11.1 Å². The van der Waals surface area contributed by atoms with E-state index in [1.807, 2.05) is 42.5 Å². The number of rotatable bonds is 1. The topological polar surface area (TPSA) is 9.23 Å². The second-order valence-electron chi connectivity index (χ2n) is 6.49. The van der Waals surface area contributed by atoms with E-state index in [-0.39, 0.29) is 5.92 Å². The average Bonchev–Trinajstić information content (AvgIpc) is 3.09. The third-order valence-corrected chi connectivity index (χ3v) is 6.63. The number of fused-ring (bicyclic) bond motifs is 4. The fourth-order valence-electron chi connectivity index (χ4n) is 4.01. The number of benzene rings is 3. The van der Waals surface area contributed by atoms with Crippen molar-refractivity contribution in [2.45, 2.75) is 16.4 Å². The van der Waals surface area contributed by atoms with Crippen LogP contribution in [0.4, 0.5) is 0 Å². The highest BCUT2D eigenvalue weighted by molar-refractivity contribution is 6.52. The van der Waals surface area contributed by atoms with Crippen LogP contribution in [-0.2, 0) is 12.0 Å². The number of alkyl halides is 2. The van der Waals surface area contributed by atoms with Crippen LogP contribution in [0.2, 0.25) is 5.02 Å². The zero-order valence-corrected chi connectivity index (χ0v) is 14.9. The van der Waals surface area contributed by atoms with Crippen LogP contribution in [0.25, 0.3) is 10.8 Å². The lowest BCUT2D eigenvalue weighted by Gasteiger charge is -2.27. The smallest absolute Gasteiger partial charge is 0.173 e.